The van der Waals surface area contributed by atoms with Gasteiger partial charge in [-0.15, -0.1) is 0 Å². The van der Waals surface area contributed by atoms with Gasteiger partial charge in [0.05, 0.1) is 7.11 Å². The molecule has 51 valence electrons. The summed E-state index contributed by atoms with van der Waals surface area (Å²) in [6.07, 6.45) is 1.57. The quantitative estimate of drug-likeness (QED) is 0.219. The Labute approximate surface area is 59.0 Å². The van der Waals surface area contributed by atoms with Crippen LogP contribution in [-0.2, 0) is 14.3 Å². The number of carbonyl (C=O) groups is 1. The summed E-state index contributed by atoms with van der Waals surface area (Å²) in [6, 6.07) is 0. The van der Waals surface area contributed by atoms with Gasteiger partial charge in [-0.3, -0.25) is 0 Å². The molecule has 0 aliphatic carbocycles. The van der Waals surface area contributed by atoms with Gasteiger partial charge < -0.3 is 9.49 Å². The maximum atomic E-state index is 10.7. The normalized spacial score (nSPS) is 13.5. The molecule has 0 unspecified atom stereocenters. The number of ether oxygens (including phenoxy) is 1. The fraction of sp³-hybridized carbons (Fsp3) is 0.200. The average molecular weight is 139 g/mol. The molecule has 1 radical (unpaired) electrons. The number of hydrogen-bond donors (Lipinski definition) is 0. The van der Waals surface area contributed by atoms with Gasteiger partial charge in [0.2, 0.25) is 6.11 Å². The first kappa shape index (κ1) is 6.86. The van der Waals surface area contributed by atoms with Gasteiger partial charge in [0.15, 0.2) is 0 Å². The molecule has 0 saturated carbocycles. The summed E-state index contributed by atoms with van der Waals surface area (Å²) in [5.41, 5.74) is 0.171. The summed E-state index contributed by atoms with van der Waals surface area (Å²) in [5, 5.41) is 0. The fourth-order valence-corrected chi connectivity index (χ4v) is 0.483. The Hall–Kier alpha value is -1.26. The van der Waals surface area contributed by atoms with Gasteiger partial charge in [0.1, 0.15) is 0 Å². The highest BCUT2D eigenvalue weighted by atomic mass is 16.6. The van der Waals surface area contributed by atoms with Gasteiger partial charge >= 0.3 is 19.1 Å². The lowest BCUT2D eigenvalue weighted by Crippen LogP contribution is -2.32. The summed E-state index contributed by atoms with van der Waals surface area (Å²) in [7, 11) is 2.73. The van der Waals surface area contributed by atoms with Gasteiger partial charge in [-0.25, -0.2) is 4.79 Å². The molecule has 10 heavy (non-hydrogen) atoms. The van der Waals surface area contributed by atoms with Crippen LogP contribution in [0.4, 0.5) is 0 Å². The van der Waals surface area contributed by atoms with E-state index in [-0.39, 0.29) is 5.70 Å². The fourth-order valence-electron chi connectivity index (χ4n) is 0.483. The number of nitrogens with zero attached hydrogens (tertiary/aromatic N) is 1. The van der Waals surface area contributed by atoms with Gasteiger partial charge in [-0.05, 0) is 11.3 Å². The van der Waals surface area contributed by atoms with Gasteiger partial charge in [-0.2, -0.15) is 0 Å². The van der Waals surface area contributed by atoms with Crippen LogP contribution < -0.4 is 0 Å². The Bertz CT molecular complexity index is 211. The second-order valence-electron chi connectivity index (χ2n) is 1.65. The number of hydrogen-bond acceptors (Lipinski definition) is 3. The van der Waals surface area contributed by atoms with Crippen LogP contribution in [0.5, 0.6) is 0 Å². The molecule has 0 bridgehead atoms. The van der Waals surface area contributed by atoms with E-state index in [0.717, 1.165) is 0 Å². The molecule has 0 N–H and O–H groups in total. The van der Waals surface area contributed by atoms with Gasteiger partial charge in [0, 0.05) is 0 Å². The number of esters is 1. The maximum absolute atomic E-state index is 10.7. The van der Waals surface area contributed by atoms with Crippen molar-refractivity contribution in [2.45, 2.75) is 0 Å². The summed E-state index contributed by atoms with van der Waals surface area (Å²) in [4.78, 5) is 10.7. The minimum atomic E-state index is -0.496. The highest BCUT2D eigenvalue weighted by molar-refractivity contribution is 6.62. The van der Waals surface area contributed by atoms with Crippen LogP contribution in [0.25, 0.3) is 0 Å². The van der Waals surface area contributed by atoms with Crippen LogP contribution in [-0.4, -0.2) is 31.4 Å². The molecule has 0 saturated heterocycles. The van der Waals surface area contributed by atoms with E-state index in [0.29, 0.717) is 0 Å². The molecule has 1 aliphatic heterocycles. The Morgan fingerprint density at radius 1 is 1.90 bits per heavy atom. The van der Waals surface area contributed by atoms with Crippen LogP contribution in [0.1, 0.15) is 0 Å². The molecule has 0 fully saturated rings. The Kier molecular flexibility index (Phi) is 1.75. The zero-order chi connectivity index (χ0) is 7.56. The van der Waals surface area contributed by atoms with E-state index in [4.69, 9.17) is 0 Å². The zero-order valence-electron chi connectivity index (χ0n) is 5.53. The minimum absolute atomic E-state index is 0.171. The lowest BCUT2D eigenvalue weighted by Gasteiger charge is -2.05. The highest BCUT2D eigenvalue weighted by Gasteiger charge is 2.29. The van der Waals surface area contributed by atoms with Crippen LogP contribution in [0.3, 0.4) is 0 Å². The number of methoxy groups -OCH3 is 1. The third-order valence-corrected chi connectivity index (χ3v) is 1.06. The van der Waals surface area contributed by atoms with Crippen molar-refractivity contribution in [1.29, 1.82) is 0 Å². The second-order valence-corrected chi connectivity index (χ2v) is 1.65. The van der Waals surface area contributed by atoms with Crippen molar-refractivity contribution < 1.29 is 19.0 Å². The molecule has 1 rings (SSSR count). The number of rotatable bonds is 2. The van der Waals surface area contributed by atoms with E-state index in [1.165, 1.54) is 19.3 Å². The lowest BCUT2D eigenvalue weighted by atomic mass is 10.0. The Balaban J connectivity index is 2.57. The number of hydroxylamine groups is 1. The van der Waals surface area contributed by atoms with Crippen molar-refractivity contribution in [3.63, 3.8) is 0 Å². The third-order valence-electron chi connectivity index (χ3n) is 1.06. The first-order valence-electron chi connectivity index (χ1n) is 2.65. The maximum Gasteiger partial charge on any atom is 0.587 e. The average Bonchev–Trinajstić information content (AvgIpc) is 1.82. The first-order valence-corrected chi connectivity index (χ1v) is 2.65. The van der Waals surface area contributed by atoms with E-state index < -0.39 is 5.97 Å². The highest BCUT2D eigenvalue weighted by Crippen LogP contribution is 1.99. The third kappa shape index (κ3) is 1.02. The molecular formula is C5H6BNO3+. The van der Waals surface area contributed by atoms with Gasteiger partial charge in [-0.1, -0.05) is 0 Å². The van der Waals surface area contributed by atoms with Crippen LogP contribution in [0.2, 0.25) is 0 Å². The summed E-state index contributed by atoms with van der Waals surface area (Å²) < 4.78 is 10.3. The van der Waals surface area contributed by atoms with Crippen molar-refractivity contribution in [2.75, 3.05) is 7.11 Å². The van der Waals surface area contributed by atoms with E-state index >= 15 is 0 Å². The first-order chi connectivity index (χ1) is 4.75. The van der Waals surface area contributed by atoms with Crippen molar-refractivity contribution in [1.82, 2.24) is 0 Å². The predicted octanol–water partition coefficient (Wildman–Crippen LogP) is -0.722. The van der Waals surface area contributed by atoms with Crippen molar-refractivity contribution in [3.8, 4) is 0 Å². The topological polar surface area (TPSA) is 38.5 Å². The summed E-state index contributed by atoms with van der Waals surface area (Å²) in [6.45, 7) is 3.42. The molecule has 0 amide bonds. The standard InChI is InChI=1S/C5H6BNO3/c1-4(5(8)9-2)7-3-6-10-7/h3H,1H2,2H3/q+1. The molecule has 4 nitrogen and oxygen atoms in total. The molecule has 0 aromatic rings. The molecule has 0 aromatic carbocycles. The predicted molar refractivity (Wildman–Crippen MR) is 34.3 cm³/mol. The minimum Gasteiger partial charge on any atom is -0.461 e. The molecule has 0 spiro atoms. The molecule has 1 heterocycles. The molecular weight excluding hydrogens is 133 g/mol. The smallest absolute Gasteiger partial charge is 0.461 e. The molecule has 0 atom stereocenters. The van der Waals surface area contributed by atoms with E-state index in [2.05, 4.69) is 16.1 Å². The van der Waals surface area contributed by atoms with E-state index in [1.807, 2.05) is 0 Å². The van der Waals surface area contributed by atoms with Crippen molar-refractivity contribution in [2.24, 2.45) is 0 Å². The second kappa shape index (κ2) is 2.55. The van der Waals surface area contributed by atoms with Gasteiger partial charge in [0.25, 0.3) is 0 Å². The van der Waals surface area contributed by atoms with Crippen molar-refractivity contribution in [3.05, 3.63) is 12.3 Å². The van der Waals surface area contributed by atoms with Crippen LogP contribution in [0, 0.1) is 0 Å². The summed E-state index contributed by atoms with van der Waals surface area (Å²) in [5.74, 6) is -0.496. The Morgan fingerprint density at radius 2 is 2.50 bits per heavy atom. The largest absolute Gasteiger partial charge is 0.587 e. The molecule has 0 aromatic heterocycles. The number of carbonyl (C=O) groups excluding carboxylic acids is 1. The monoisotopic (exact) mass is 139 g/mol. The SMILES string of the molecule is C=C(C(=O)OC)[N+]1=C[B]O1. The van der Waals surface area contributed by atoms with E-state index in [1.54, 1.807) is 6.11 Å². The molecule has 5 heteroatoms. The van der Waals surface area contributed by atoms with Crippen LogP contribution >= 0.6 is 0 Å². The van der Waals surface area contributed by atoms with Crippen LogP contribution in [0.15, 0.2) is 12.3 Å². The van der Waals surface area contributed by atoms with E-state index in [9.17, 15) is 4.79 Å². The zero-order valence-corrected chi connectivity index (χ0v) is 5.53. The van der Waals surface area contributed by atoms with Crippen molar-refractivity contribution >= 4 is 19.6 Å². The summed E-state index contributed by atoms with van der Waals surface area (Å²) >= 11 is 0. The Morgan fingerprint density at radius 3 is 2.80 bits per heavy atom. The lowest BCUT2D eigenvalue weighted by molar-refractivity contribution is -0.718. The molecule has 1 aliphatic rings.